The molecule has 4 aromatic rings. The minimum absolute atomic E-state index is 0.0484. The Morgan fingerprint density at radius 2 is 1.90 bits per heavy atom. The first kappa shape index (κ1) is 28.3. The lowest BCUT2D eigenvalue weighted by Gasteiger charge is -2.20. The van der Waals surface area contributed by atoms with Gasteiger partial charge < -0.3 is 15.4 Å². The van der Waals surface area contributed by atoms with E-state index in [1.54, 1.807) is 40.0 Å². The van der Waals surface area contributed by atoms with Gasteiger partial charge in [-0.3, -0.25) is 9.48 Å². The molecule has 9 nitrogen and oxygen atoms in total. The van der Waals surface area contributed by atoms with Crippen molar-refractivity contribution in [1.82, 2.24) is 30.1 Å². The lowest BCUT2D eigenvalue weighted by molar-refractivity contribution is -0.137. The van der Waals surface area contributed by atoms with Gasteiger partial charge in [-0.2, -0.15) is 18.3 Å². The number of amides is 1. The second kappa shape index (κ2) is 11.4. The second-order valence-electron chi connectivity index (χ2n) is 10.3. The highest BCUT2D eigenvalue weighted by atomic mass is 19.4. The first-order valence-electron chi connectivity index (χ1n) is 13.4. The van der Waals surface area contributed by atoms with E-state index in [2.05, 4.69) is 26.0 Å². The van der Waals surface area contributed by atoms with Crippen molar-refractivity contribution >= 4 is 11.6 Å². The number of ether oxygens (including phenoxy) is 1. The van der Waals surface area contributed by atoms with Gasteiger partial charge in [-0.25, -0.2) is 4.68 Å². The van der Waals surface area contributed by atoms with Crippen molar-refractivity contribution in [2.24, 2.45) is 7.05 Å². The molecule has 2 aromatic carbocycles. The van der Waals surface area contributed by atoms with Crippen molar-refractivity contribution in [3.05, 3.63) is 70.7 Å². The normalized spacial score (nSPS) is 14.0. The summed E-state index contributed by atoms with van der Waals surface area (Å²) in [6.07, 6.45) is 3.01. The Labute approximate surface area is 235 Å². The lowest BCUT2D eigenvalue weighted by atomic mass is 10.1. The number of nitrogens with zero attached hydrogens (tertiary/aromatic N) is 5. The van der Waals surface area contributed by atoms with Crippen LogP contribution in [0.2, 0.25) is 0 Å². The zero-order valence-electron chi connectivity index (χ0n) is 23.3. The third kappa shape index (κ3) is 5.97. The number of nitrogens with one attached hydrogen (secondary N) is 2. The maximum Gasteiger partial charge on any atom is 0.416 e. The molecular formula is C29H32F3N7O2. The smallest absolute Gasteiger partial charge is 0.416 e. The van der Waals surface area contributed by atoms with E-state index >= 15 is 0 Å². The highest BCUT2D eigenvalue weighted by Crippen LogP contribution is 2.38. The number of halogens is 3. The molecule has 12 heteroatoms. The van der Waals surface area contributed by atoms with Crippen LogP contribution in [0, 0.1) is 13.8 Å². The van der Waals surface area contributed by atoms with Gasteiger partial charge in [0.05, 0.1) is 36.4 Å². The van der Waals surface area contributed by atoms with Gasteiger partial charge in [-0.05, 0) is 56.5 Å². The van der Waals surface area contributed by atoms with Crippen molar-refractivity contribution in [3.63, 3.8) is 0 Å². The molecular weight excluding hydrogens is 535 g/mol. The van der Waals surface area contributed by atoms with Crippen molar-refractivity contribution in [1.29, 1.82) is 0 Å². The number of methoxy groups -OCH3 is 1. The Morgan fingerprint density at radius 1 is 1.15 bits per heavy atom. The number of carbonyl (C=O) groups is 1. The van der Waals surface area contributed by atoms with Gasteiger partial charge in [-0.15, -0.1) is 5.10 Å². The highest BCUT2D eigenvalue weighted by Gasteiger charge is 2.33. The van der Waals surface area contributed by atoms with Crippen LogP contribution in [0.15, 0.2) is 42.7 Å². The standard InChI is InChI=1S/C29H32F3N7O2/c1-17-9-10-19(12-26(17)39-16-25(36-37-39)23-15-34-38(3)18(23)2)28(40)35-24-13-21(29(30,31)32)11-20(27(24)41-4)14-33-22-7-5-6-8-22/h9-13,15-16,22,33H,5-8,14H2,1-4H3,(H,35,40). The third-order valence-corrected chi connectivity index (χ3v) is 7.60. The molecule has 5 rings (SSSR count). The van der Waals surface area contributed by atoms with E-state index in [1.165, 1.54) is 7.11 Å². The third-order valence-electron chi connectivity index (χ3n) is 7.60. The number of carbonyl (C=O) groups excluding carboxylic acids is 1. The van der Waals surface area contributed by atoms with Gasteiger partial charge in [0.15, 0.2) is 0 Å². The van der Waals surface area contributed by atoms with Crippen molar-refractivity contribution in [2.75, 3.05) is 12.4 Å². The number of anilines is 1. The fraction of sp³-hybridized carbons (Fsp3) is 0.379. The van der Waals surface area contributed by atoms with Crippen LogP contribution in [0.5, 0.6) is 5.75 Å². The average Bonchev–Trinajstić information content (AvgIpc) is 3.70. The van der Waals surface area contributed by atoms with Crippen LogP contribution >= 0.6 is 0 Å². The molecule has 1 aliphatic carbocycles. The van der Waals surface area contributed by atoms with Crippen molar-refractivity contribution < 1.29 is 22.7 Å². The first-order valence-corrected chi connectivity index (χ1v) is 13.4. The number of aryl methyl sites for hydroxylation is 2. The number of rotatable bonds is 8. The molecule has 41 heavy (non-hydrogen) atoms. The van der Waals surface area contributed by atoms with Gasteiger partial charge in [0.2, 0.25) is 0 Å². The molecule has 2 heterocycles. The Bertz CT molecular complexity index is 1570. The summed E-state index contributed by atoms with van der Waals surface area (Å²) < 4.78 is 50.3. The van der Waals surface area contributed by atoms with Crippen LogP contribution in [-0.4, -0.2) is 43.8 Å². The van der Waals surface area contributed by atoms with E-state index in [1.807, 2.05) is 20.9 Å². The predicted octanol–water partition coefficient (Wildman–Crippen LogP) is 5.60. The molecule has 1 saturated carbocycles. The van der Waals surface area contributed by atoms with E-state index in [0.29, 0.717) is 16.9 Å². The van der Waals surface area contributed by atoms with Crippen molar-refractivity contribution in [3.8, 4) is 22.7 Å². The summed E-state index contributed by atoms with van der Waals surface area (Å²) in [7, 11) is 3.22. The van der Waals surface area contributed by atoms with Crippen LogP contribution in [0.4, 0.5) is 18.9 Å². The SMILES string of the molecule is COc1c(CNC2CCCC2)cc(C(F)(F)F)cc1NC(=O)c1ccc(C)c(-n2cc(-c3cnn(C)c3C)nn2)c1. The van der Waals surface area contributed by atoms with Gasteiger partial charge in [0.25, 0.3) is 5.91 Å². The summed E-state index contributed by atoms with van der Waals surface area (Å²) in [6.45, 7) is 3.99. The van der Waals surface area contributed by atoms with Gasteiger partial charge >= 0.3 is 6.18 Å². The molecule has 0 radical (unpaired) electrons. The van der Waals surface area contributed by atoms with E-state index in [-0.39, 0.29) is 29.6 Å². The van der Waals surface area contributed by atoms with E-state index < -0.39 is 17.6 Å². The number of alkyl halides is 3. The van der Waals surface area contributed by atoms with Crippen LogP contribution in [-0.2, 0) is 19.8 Å². The fourth-order valence-corrected chi connectivity index (χ4v) is 5.15. The molecule has 1 fully saturated rings. The number of benzene rings is 2. The molecule has 2 N–H and O–H groups in total. The Morgan fingerprint density at radius 3 is 2.56 bits per heavy atom. The maximum absolute atomic E-state index is 13.8. The molecule has 0 saturated heterocycles. The van der Waals surface area contributed by atoms with E-state index in [0.717, 1.165) is 54.6 Å². The maximum atomic E-state index is 13.8. The Hall–Kier alpha value is -4.19. The summed E-state index contributed by atoms with van der Waals surface area (Å²) in [6, 6.07) is 7.22. The van der Waals surface area contributed by atoms with E-state index in [4.69, 9.17) is 4.74 Å². The monoisotopic (exact) mass is 567 g/mol. The summed E-state index contributed by atoms with van der Waals surface area (Å²) >= 11 is 0. The van der Waals surface area contributed by atoms with Gasteiger partial charge in [0.1, 0.15) is 11.4 Å². The fourth-order valence-electron chi connectivity index (χ4n) is 5.15. The molecule has 0 unspecified atom stereocenters. The Kier molecular flexibility index (Phi) is 7.85. The molecule has 1 aliphatic rings. The molecule has 1 amide bonds. The number of hydrogen-bond donors (Lipinski definition) is 2. The van der Waals surface area contributed by atoms with Crippen LogP contribution < -0.4 is 15.4 Å². The van der Waals surface area contributed by atoms with Gasteiger partial charge in [-0.1, -0.05) is 24.1 Å². The quantitative estimate of drug-likeness (QED) is 0.288. The summed E-state index contributed by atoms with van der Waals surface area (Å²) in [5, 5.41) is 18.7. The van der Waals surface area contributed by atoms with Crippen LogP contribution in [0.25, 0.3) is 16.9 Å². The average molecular weight is 568 g/mol. The minimum Gasteiger partial charge on any atom is -0.494 e. The molecule has 0 aliphatic heterocycles. The highest BCUT2D eigenvalue weighted by molar-refractivity contribution is 6.05. The summed E-state index contributed by atoms with van der Waals surface area (Å²) in [4.78, 5) is 13.4. The lowest BCUT2D eigenvalue weighted by Crippen LogP contribution is -2.26. The summed E-state index contributed by atoms with van der Waals surface area (Å²) in [5.74, 6) is -0.390. The minimum atomic E-state index is -4.59. The predicted molar refractivity (Wildman–Crippen MR) is 148 cm³/mol. The molecule has 216 valence electrons. The van der Waals surface area contributed by atoms with Crippen LogP contribution in [0.1, 0.15) is 58.4 Å². The Balaban J connectivity index is 1.44. The largest absolute Gasteiger partial charge is 0.494 e. The molecule has 0 bridgehead atoms. The van der Waals surface area contributed by atoms with E-state index in [9.17, 15) is 18.0 Å². The van der Waals surface area contributed by atoms with Crippen molar-refractivity contribution in [2.45, 2.75) is 58.3 Å². The molecule has 2 aromatic heterocycles. The number of hydrogen-bond acceptors (Lipinski definition) is 6. The van der Waals surface area contributed by atoms with Gasteiger partial charge in [0, 0.05) is 42.0 Å². The van der Waals surface area contributed by atoms with Crippen LogP contribution in [0.3, 0.4) is 0 Å². The second-order valence-corrected chi connectivity index (χ2v) is 10.3. The molecule has 0 atom stereocenters. The topological polar surface area (TPSA) is 98.9 Å². The summed E-state index contributed by atoms with van der Waals surface area (Å²) in [5.41, 5.74) is 3.48. The zero-order chi connectivity index (χ0) is 29.3. The number of aromatic nitrogens is 5. The molecule has 0 spiro atoms. The zero-order valence-corrected chi connectivity index (χ0v) is 23.3. The first-order chi connectivity index (χ1) is 19.5.